The highest BCUT2D eigenvalue weighted by atomic mass is 19.1. The van der Waals surface area contributed by atoms with E-state index in [1.807, 2.05) is 0 Å². The van der Waals surface area contributed by atoms with Crippen molar-refractivity contribution in [1.29, 1.82) is 0 Å². The Morgan fingerprint density at radius 1 is 1.14 bits per heavy atom. The lowest BCUT2D eigenvalue weighted by Crippen LogP contribution is -2.36. The van der Waals surface area contributed by atoms with Gasteiger partial charge in [0.15, 0.2) is 0 Å². The molecule has 21 heavy (non-hydrogen) atoms. The number of hydrogen-bond acceptors (Lipinski definition) is 3. The number of carbonyl (C=O) groups excluding carboxylic acids is 2. The average Bonchev–Trinajstić information content (AvgIpc) is 2.72. The monoisotopic (exact) mass is 294 g/mol. The number of rotatable bonds is 2. The summed E-state index contributed by atoms with van der Waals surface area (Å²) in [5.74, 6) is -0.377. The molecule has 0 atom stereocenters. The standard InChI is InChI=1S/C15H19FN2O3/c1-11(19)17-6-3-7-18(9-8-17)15(20)13-10-12(16)4-5-14(13)21-2/h4-5,10H,3,6-9H2,1-2H3. The Morgan fingerprint density at radius 3 is 2.48 bits per heavy atom. The van der Waals surface area contributed by atoms with Crippen LogP contribution in [0.25, 0.3) is 0 Å². The second kappa shape index (κ2) is 6.56. The van der Waals surface area contributed by atoms with Gasteiger partial charge in [-0.15, -0.1) is 0 Å². The molecule has 0 saturated carbocycles. The SMILES string of the molecule is COc1ccc(F)cc1C(=O)N1CCCN(C(C)=O)CC1. The van der Waals surface area contributed by atoms with Gasteiger partial charge in [-0.25, -0.2) is 4.39 Å². The van der Waals surface area contributed by atoms with Crippen LogP contribution in [0.3, 0.4) is 0 Å². The lowest BCUT2D eigenvalue weighted by Gasteiger charge is -2.22. The maximum atomic E-state index is 13.4. The van der Waals surface area contributed by atoms with Gasteiger partial charge in [0.25, 0.3) is 5.91 Å². The largest absolute Gasteiger partial charge is 0.496 e. The van der Waals surface area contributed by atoms with Crippen molar-refractivity contribution in [2.24, 2.45) is 0 Å². The molecule has 0 unspecified atom stereocenters. The van der Waals surface area contributed by atoms with Gasteiger partial charge in [0.2, 0.25) is 5.91 Å². The van der Waals surface area contributed by atoms with Gasteiger partial charge in [-0.2, -0.15) is 0 Å². The summed E-state index contributed by atoms with van der Waals surface area (Å²) in [5, 5.41) is 0. The van der Waals surface area contributed by atoms with Gasteiger partial charge >= 0.3 is 0 Å². The number of ether oxygens (including phenoxy) is 1. The highest BCUT2D eigenvalue weighted by Gasteiger charge is 2.23. The number of nitrogens with zero attached hydrogens (tertiary/aromatic N) is 2. The average molecular weight is 294 g/mol. The number of carbonyl (C=O) groups is 2. The predicted octanol–water partition coefficient (Wildman–Crippen LogP) is 1.53. The first kappa shape index (κ1) is 15.3. The summed E-state index contributed by atoms with van der Waals surface area (Å²) in [6, 6.07) is 3.90. The number of hydrogen-bond donors (Lipinski definition) is 0. The highest BCUT2D eigenvalue weighted by Crippen LogP contribution is 2.21. The topological polar surface area (TPSA) is 49.9 Å². The first-order valence-electron chi connectivity index (χ1n) is 6.91. The number of benzene rings is 1. The van der Waals surface area contributed by atoms with Crippen molar-refractivity contribution >= 4 is 11.8 Å². The molecule has 1 aromatic rings. The fourth-order valence-electron chi connectivity index (χ4n) is 2.45. The lowest BCUT2D eigenvalue weighted by atomic mass is 10.1. The molecule has 1 aromatic carbocycles. The number of halogens is 1. The van der Waals surface area contributed by atoms with Crippen molar-refractivity contribution in [2.75, 3.05) is 33.3 Å². The third-order valence-corrected chi connectivity index (χ3v) is 3.62. The Labute approximate surface area is 123 Å². The summed E-state index contributed by atoms with van der Waals surface area (Å²) < 4.78 is 18.5. The van der Waals surface area contributed by atoms with Gasteiger partial charge in [0.1, 0.15) is 11.6 Å². The quantitative estimate of drug-likeness (QED) is 0.831. The van der Waals surface area contributed by atoms with Crippen molar-refractivity contribution in [3.63, 3.8) is 0 Å². The van der Waals surface area contributed by atoms with Gasteiger partial charge in [0, 0.05) is 33.1 Å². The van der Waals surface area contributed by atoms with Crippen LogP contribution < -0.4 is 4.74 Å². The van der Waals surface area contributed by atoms with Gasteiger partial charge < -0.3 is 14.5 Å². The van der Waals surface area contributed by atoms with Gasteiger partial charge in [-0.1, -0.05) is 0 Å². The fraction of sp³-hybridized carbons (Fsp3) is 0.467. The molecule has 6 heteroatoms. The Hall–Kier alpha value is -2.11. The molecule has 0 aromatic heterocycles. The van der Waals surface area contributed by atoms with Crippen LogP contribution in [0.5, 0.6) is 5.75 Å². The van der Waals surface area contributed by atoms with Gasteiger partial charge in [-0.05, 0) is 24.6 Å². The van der Waals surface area contributed by atoms with E-state index in [0.29, 0.717) is 38.3 Å². The van der Waals surface area contributed by atoms with E-state index in [1.165, 1.54) is 32.2 Å². The molecule has 2 rings (SSSR count). The van der Waals surface area contributed by atoms with E-state index in [2.05, 4.69) is 0 Å². The molecule has 0 N–H and O–H groups in total. The molecule has 0 radical (unpaired) electrons. The molecular formula is C15H19FN2O3. The Kier molecular flexibility index (Phi) is 4.77. The molecule has 1 saturated heterocycles. The summed E-state index contributed by atoms with van der Waals surface area (Å²) in [6.45, 7) is 3.64. The van der Waals surface area contributed by atoms with E-state index in [0.717, 1.165) is 0 Å². The van der Waals surface area contributed by atoms with Crippen LogP contribution in [0, 0.1) is 5.82 Å². The summed E-state index contributed by atoms with van der Waals surface area (Å²) in [5.41, 5.74) is 0.216. The first-order chi connectivity index (χ1) is 10.0. The van der Waals surface area contributed by atoms with Crippen LogP contribution in [-0.2, 0) is 4.79 Å². The number of amides is 2. The summed E-state index contributed by atoms with van der Waals surface area (Å²) in [6.07, 6.45) is 0.711. The van der Waals surface area contributed by atoms with Crippen LogP contribution in [-0.4, -0.2) is 54.9 Å². The van der Waals surface area contributed by atoms with E-state index in [-0.39, 0.29) is 17.4 Å². The van der Waals surface area contributed by atoms with Gasteiger partial charge in [0.05, 0.1) is 12.7 Å². The van der Waals surface area contributed by atoms with E-state index in [9.17, 15) is 14.0 Å². The highest BCUT2D eigenvalue weighted by molar-refractivity contribution is 5.97. The predicted molar refractivity (Wildman–Crippen MR) is 75.7 cm³/mol. The second-order valence-electron chi connectivity index (χ2n) is 5.00. The Balaban J connectivity index is 2.16. The first-order valence-corrected chi connectivity index (χ1v) is 6.91. The molecule has 5 nitrogen and oxygen atoms in total. The summed E-state index contributed by atoms with van der Waals surface area (Å²) in [7, 11) is 1.45. The minimum atomic E-state index is -0.473. The van der Waals surface area contributed by atoms with Crippen LogP contribution in [0.1, 0.15) is 23.7 Å². The summed E-state index contributed by atoms with van der Waals surface area (Å²) >= 11 is 0. The number of methoxy groups -OCH3 is 1. The lowest BCUT2D eigenvalue weighted by molar-refractivity contribution is -0.128. The molecule has 0 bridgehead atoms. The molecule has 1 heterocycles. The van der Waals surface area contributed by atoms with Gasteiger partial charge in [-0.3, -0.25) is 9.59 Å². The van der Waals surface area contributed by atoms with E-state index < -0.39 is 5.82 Å². The molecule has 1 aliphatic heterocycles. The third-order valence-electron chi connectivity index (χ3n) is 3.62. The summed E-state index contributed by atoms with van der Waals surface area (Å²) in [4.78, 5) is 27.3. The Morgan fingerprint density at radius 2 is 1.81 bits per heavy atom. The van der Waals surface area contributed by atoms with Crippen molar-refractivity contribution in [3.8, 4) is 5.75 Å². The minimum Gasteiger partial charge on any atom is -0.496 e. The molecule has 1 aliphatic rings. The van der Waals surface area contributed by atoms with Crippen molar-refractivity contribution in [3.05, 3.63) is 29.6 Å². The fourth-order valence-corrected chi connectivity index (χ4v) is 2.45. The third kappa shape index (κ3) is 3.51. The molecule has 114 valence electrons. The van der Waals surface area contributed by atoms with Crippen LogP contribution in [0.4, 0.5) is 4.39 Å². The minimum absolute atomic E-state index is 0.00707. The zero-order valence-electron chi connectivity index (χ0n) is 12.3. The molecular weight excluding hydrogens is 275 g/mol. The molecule has 0 aliphatic carbocycles. The Bertz CT molecular complexity index is 548. The van der Waals surface area contributed by atoms with E-state index in [1.54, 1.807) is 9.80 Å². The van der Waals surface area contributed by atoms with Crippen molar-refractivity contribution < 1.29 is 18.7 Å². The van der Waals surface area contributed by atoms with Crippen molar-refractivity contribution in [2.45, 2.75) is 13.3 Å². The smallest absolute Gasteiger partial charge is 0.257 e. The van der Waals surface area contributed by atoms with Crippen molar-refractivity contribution in [1.82, 2.24) is 9.80 Å². The second-order valence-corrected chi connectivity index (χ2v) is 5.00. The maximum absolute atomic E-state index is 13.4. The molecule has 1 fully saturated rings. The molecule has 2 amide bonds. The molecule has 0 spiro atoms. The van der Waals surface area contributed by atoms with Crippen LogP contribution >= 0.6 is 0 Å². The van der Waals surface area contributed by atoms with E-state index in [4.69, 9.17) is 4.74 Å². The van der Waals surface area contributed by atoms with E-state index >= 15 is 0 Å². The van der Waals surface area contributed by atoms with Crippen LogP contribution in [0.15, 0.2) is 18.2 Å². The zero-order chi connectivity index (χ0) is 15.4. The van der Waals surface area contributed by atoms with Crippen LogP contribution in [0.2, 0.25) is 0 Å². The maximum Gasteiger partial charge on any atom is 0.257 e. The zero-order valence-corrected chi connectivity index (χ0v) is 12.3. The normalized spacial score (nSPS) is 15.6.